The van der Waals surface area contributed by atoms with Gasteiger partial charge in [0.25, 0.3) is 15.7 Å². The van der Waals surface area contributed by atoms with Gasteiger partial charge < -0.3 is 9.47 Å². The number of esters is 1. The van der Waals surface area contributed by atoms with Gasteiger partial charge in [0, 0.05) is 17.7 Å². The molecule has 1 atom stereocenters. The molecule has 3 rings (SSSR count). The summed E-state index contributed by atoms with van der Waals surface area (Å²) >= 11 is 0. The molecule has 1 aliphatic heterocycles. The Morgan fingerprint density at radius 1 is 1.13 bits per heavy atom. The Bertz CT molecular complexity index is 1110. The molecular weight excluding hydrogens is 424 g/mol. The predicted molar refractivity (Wildman–Crippen MR) is 112 cm³/mol. The molecule has 0 spiro atoms. The van der Waals surface area contributed by atoms with Crippen LogP contribution in [0.1, 0.15) is 25.8 Å². The summed E-state index contributed by atoms with van der Waals surface area (Å²) in [6.07, 6.45) is 1.53. The summed E-state index contributed by atoms with van der Waals surface area (Å²) in [7, 11) is -2.66. The van der Waals surface area contributed by atoms with E-state index in [0.717, 1.165) is 28.6 Å². The third kappa shape index (κ3) is 4.69. The molecule has 1 unspecified atom stereocenters. The zero-order valence-electron chi connectivity index (χ0n) is 17.2. The van der Waals surface area contributed by atoms with E-state index < -0.39 is 27.0 Å². The van der Waals surface area contributed by atoms with Gasteiger partial charge in [0.1, 0.15) is 11.8 Å². The average Bonchev–Trinajstić information content (AvgIpc) is 2.74. The highest BCUT2D eigenvalue weighted by atomic mass is 32.2. The SMILES string of the molecule is COc1ccc(C2=CN(S(=O)(=O)c3ccc([N+](=O)[O-])cc3)C(CC(C)C)C(=O)O2)cc1. The zero-order valence-corrected chi connectivity index (χ0v) is 18.0. The van der Waals surface area contributed by atoms with Gasteiger partial charge in [-0.05, 0) is 48.7 Å². The molecule has 164 valence electrons. The molecule has 31 heavy (non-hydrogen) atoms. The van der Waals surface area contributed by atoms with Gasteiger partial charge >= 0.3 is 5.97 Å². The molecule has 1 aliphatic rings. The van der Waals surface area contributed by atoms with E-state index in [1.54, 1.807) is 24.3 Å². The average molecular weight is 446 g/mol. The van der Waals surface area contributed by atoms with E-state index in [1.165, 1.54) is 13.3 Å². The standard InChI is InChI=1S/C21H22N2O7S/c1-14(2)12-19-21(24)30-20(15-4-8-17(29-3)9-5-15)13-22(19)31(27,28)18-10-6-16(7-11-18)23(25)26/h4-11,13-14,19H,12H2,1-3H3. The summed E-state index contributed by atoms with van der Waals surface area (Å²) in [5, 5.41) is 10.9. The molecule has 1 heterocycles. The van der Waals surface area contributed by atoms with Crippen LogP contribution in [0.25, 0.3) is 5.76 Å². The fraction of sp³-hybridized carbons (Fsp3) is 0.286. The van der Waals surface area contributed by atoms with Crippen LogP contribution < -0.4 is 4.74 Å². The van der Waals surface area contributed by atoms with Crippen molar-refractivity contribution in [3.8, 4) is 5.75 Å². The van der Waals surface area contributed by atoms with Crippen molar-refractivity contribution in [1.29, 1.82) is 0 Å². The molecular formula is C21H22N2O7S. The summed E-state index contributed by atoms with van der Waals surface area (Å²) in [5.74, 6) is 0.00762. The number of ether oxygens (including phenoxy) is 2. The lowest BCUT2D eigenvalue weighted by Crippen LogP contribution is -2.46. The Morgan fingerprint density at radius 3 is 2.26 bits per heavy atom. The second kappa shape index (κ2) is 8.76. The van der Waals surface area contributed by atoms with Gasteiger partial charge in [-0.1, -0.05) is 13.8 Å². The van der Waals surface area contributed by atoms with Crippen molar-refractivity contribution < 1.29 is 27.6 Å². The number of nitro benzene ring substituents is 1. The molecule has 0 aliphatic carbocycles. The lowest BCUT2D eigenvalue weighted by atomic mass is 10.0. The highest BCUT2D eigenvalue weighted by Gasteiger charge is 2.39. The van der Waals surface area contributed by atoms with E-state index in [9.17, 15) is 23.3 Å². The number of nitro groups is 1. The minimum Gasteiger partial charge on any atom is -0.497 e. The number of benzene rings is 2. The summed E-state index contributed by atoms with van der Waals surface area (Å²) in [6, 6.07) is 10.1. The highest BCUT2D eigenvalue weighted by Crippen LogP contribution is 2.32. The van der Waals surface area contributed by atoms with Crippen LogP contribution in [-0.4, -0.2) is 36.8 Å². The van der Waals surface area contributed by atoms with Crippen molar-refractivity contribution in [3.05, 3.63) is 70.4 Å². The largest absolute Gasteiger partial charge is 0.497 e. The minimum atomic E-state index is -4.18. The van der Waals surface area contributed by atoms with E-state index in [-0.39, 0.29) is 28.7 Å². The van der Waals surface area contributed by atoms with Crippen molar-refractivity contribution in [2.45, 2.75) is 31.2 Å². The molecule has 0 radical (unpaired) electrons. The van der Waals surface area contributed by atoms with Crippen LogP contribution in [0.5, 0.6) is 5.75 Å². The smallest absolute Gasteiger partial charge is 0.335 e. The van der Waals surface area contributed by atoms with Gasteiger partial charge in [-0.25, -0.2) is 13.2 Å². The highest BCUT2D eigenvalue weighted by molar-refractivity contribution is 7.89. The Hall–Kier alpha value is -3.40. The van der Waals surface area contributed by atoms with Crippen LogP contribution in [0.4, 0.5) is 5.69 Å². The molecule has 2 aromatic rings. The molecule has 10 heteroatoms. The van der Waals surface area contributed by atoms with Crippen LogP contribution in [0.15, 0.2) is 59.6 Å². The van der Waals surface area contributed by atoms with Gasteiger partial charge in [-0.3, -0.25) is 14.4 Å². The number of carbonyl (C=O) groups is 1. The van der Waals surface area contributed by atoms with Gasteiger partial charge in [0.2, 0.25) is 0 Å². The normalized spacial score (nSPS) is 16.6. The molecule has 0 bridgehead atoms. The molecule has 2 aromatic carbocycles. The van der Waals surface area contributed by atoms with E-state index in [0.29, 0.717) is 11.3 Å². The van der Waals surface area contributed by atoms with E-state index in [1.807, 2.05) is 13.8 Å². The monoisotopic (exact) mass is 446 g/mol. The lowest BCUT2D eigenvalue weighted by molar-refractivity contribution is -0.384. The Balaban J connectivity index is 2.07. The predicted octanol–water partition coefficient (Wildman–Crippen LogP) is 3.56. The zero-order chi connectivity index (χ0) is 22.8. The maximum Gasteiger partial charge on any atom is 0.335 e. The molecule has 0 fully saturated rings. The third-order valence-corrected chi connectivity index (χ3v) is 6.51. The molecule has 0 saturated heterocycles. The van der Waals surface area contributed by atoms with Crippen molar-refractivity contribution in [3.63, 3.8) is 0 Å². The molecule has 0 N–H and O–H groups in total. The van der Waals surface area contributed by atoms with Gasteiger partial charge in [0.05, 0.1) is 23.1 Å². The first kappa shape index (κ1) is 22.3. The molecule has 9 nitrogen and oxygen atoms in total. The third-order valence-electron chi connectivity index (χ3n) is 4.73. The fourth-order valence-corrected chi connectivity index (χ4v) is 4.61. The number of hydrogen-bond donors (Lipinski definition) is 0. The lowest BCUT2D eigenvalue weighted by Gasteiger charge is -2.33. The second-order valence-electron chi connectivity index (χ2n) is 7.37. The number of nitrogens with zero attached hydrogens (tertiary/aromatic N) is 2. The Morgan fingerprint density at radius 2 is 1.74 bits per heavy atom. The number of methoxy groups -OCH3 is 1. The van der Waals surface area contributed by atoms with Crippen LogP contribution >= 0.6 is 0 Å². The van der Waals surface area contributed by atoms with Crippen molar-refractivity contribution in [2.75, 3.05) is 7.11 Å². The maximum absolute atomic E-state index is 13.4. The number of cyclic esters (lactones) is 1. The van der Waals surface area contributed by atoms with Crippen LogP contribution in [0, 0.1) is 16.0 Å². The van der Waals surface area contributed by atoms with Gasteiger partial charge in [-0.2, -0.15) is 0 Å². The van der Waals surface area contributed by atoms with Crippen LogP contribution in [0.3, 0.4) is 0 Å². The van der Waals surface area contributed by atoms with E-state index in [2.05, 4.69) is 0 Å². The first-order chi connectivity index (χ1) is 14.6. The molecule has 0 saturated carbocycles. The first-order valence-corrected chi connectivity index (χ1v) is 10.9. The van der Waals surface area contributed by atoms with Crippen molar-refractivity contribution >= 4 is 27.4 Å². The van der Waals surface area contributed by atoms with Gasteiger partial charge in [-0.15, -0.1) is 0 Å². The number of sulfonamides is 1. The van der Waals surface area contributed by atoms with Crippen molar-refractivity contribution in [1.82, 2.24) is 4.31 Å². The topological polar surface area (TPSA) is 116 Å². The summed E-state index contributed by atoms with van der Waals surface area (Å²) in [4.78, 5) is 22.9. The number of non-ortho nitro benzene ring substituents is 1. The van der Waals surface area contributed by atoms with E-state index >= 15 is 0 Å². The fourth-order valence-electron chi connectivity index (χ4n) is 3.15. The summed E-state index contributed by atoms with van der Waals surface area (Å²) in [5.41, 5.74) is 0.270. The second-order valence-corrected chi connectivity index (χ2v) is 9.22. The summed E-state index contributed by atoms with van der Waals surface area (Å²) < 4.78 is 38.3. The number of hydrogen-bond acceptors (Lipinski definition) is 7. The maximum atomic E-state index is 13.4. The van der Waals surface area contributed by atoms with Crippen LogP contribution in [0.2, 0.25) is 0 Å². The molecule has 0 amide bonds. The first-order valence-electron chi connectivity index (χ1n) is 9.49. The number of carbonyl (C=O) groups excluding carboxylic acids is 1. The Kier molecular flexibility index (Phi) is 6.30. The Labute approximate surface area is 180 Å². The van der Waals surface area contributed by atoms with Crippen molar-refractivity contribution in [2.24, 2.45) is 5.92 Å². The molecule has 0 aromatic heterocycles. The summed E-state index contributed by atoms with van der Waals surface area (Å²) in [6.45, 7) is 3.74. The van der Waals surface area contributed by atoms with Crippen LogP contribution in [-0.2, 0) is 19.6 Å². The van der Waals surface area contributed by atoms with E-state index in [4.69, 9.17) is 9.47 Å². The minimum absolute atomic E-state index is 0.0167. The number of rotatable bonds is 7. The van der Waals surface area contributed by atoms with Gasteiger partial charge in [0.15, 0.2) is 5.76 Å². The quantitative estimate of drug-likeness (QED) is 0.363.